The molecule has 0 unspecified atom stereocenters. The number of benzene rings is 2. The molecule has 0 aliphatic carbocycles. The van der Waals surface area contributed by atoms with Gasteiger partial charge in [0.15, 0.2) is 5.78 Å². The SMILES string of the molecule is O=C(/C=C/c1nc(-c2ccccc2)cs1)c1ccccc1. The Morgan fingerprint density at radius 3 is 2.33 bits per heavy atom. The molecule has 0 atom stereocenters. The van der Waals surface area contributed by atoms with Gasteiger partial charge in [-0.3, -0.25) is 4.79 Å². The normalized spacial score (nSPS) is 10.9. The van der Waals surface area contributed by atoms with Crippen molar-refractivity contribution in [3.8, 4) is 11.3 Å². The summed E-state index contributed by atoms with van der Waals surface area (Å²) in [5, 5.41) is 2.83. The molecule has 3 aromatic rings. The van der Waals surface area contributed by atoms with Crippen molar-refractivity contribution in [2.75, 3.05) is 0 Å². The molecule has 3 heteroatoms. The number of aromatic nitrogens is 1. The van der Waals surface area contributed by atoms with Gasteiger partial charge in [0.1, 0.15) is 5.01 Å². The highest BCUT2D eigenvalue weighted by Gasteiger charge is 2.03. The summed E-state index contributed by atoms with van der Waals surface area (Å²) in [4.78, 5) is 16.5. The lowest BCUT2D eigenvalue weighted by Crippen LogP contribution is -1.92. The van der Waals surface area contributed by atoms with E-state index in [1.54, 1.807) is 12.2 Å². The maximum Gasteiger partial charge on any atom is 0.185 e. The van der Waals surface area contributed by atoms with Crippen LogP contribution in [0, 0.1) is 0 Å². The fourth-order valence-corrected chi connectivity index (χ4v) is 2.67. The average molecular weight is 291 g/mol. The minimum Gasteiger partial charge on any atom is -0.289 e. The van der Waals surface area contributed by atoms with Gasteiger partial charge in [-0.1, -0.05) is 60.7 Å². The molecule has 0 aliphatic heterocycles. The number of allylic oxidation sites excluding steroid dienone is 1. The minimum atomic E-state index is -0.00735. The summed E-state index contributed by atoms with van der Waals surface area (Å²) in [6.45, 7) is 0. The summed E-state index contributed by atoms with van der Waals surface area (Å²) >= 11 is 1.53. The van der Waals surface area contributed by atoms with Crippen molar-refractivity contribution in [1.29, 1.82) is 0 Å². The van der Waals surface area contributed by atoms with Gasteiger partial charge in [0.05, 0.1) is 5.69 Å². The predicted molar refractivity (Wildman–Crippen MR) is 87.4 cm³/mol. The summed E-state index contributed by atoms with van der Waals surface area (Å²) in [6.07, 6.45) is 3.34. The van der Waals surface area contributed by atoms with Crippen LogP contribution in [-0.2, 0) is 0 Å². The third-order valence-corrected chi connectivity index (χ3v) is 3.84. The average Bonchev–Trinajstić information content (AvgIpc) is 3.03. The fourth-order valence-electron chi connectivity index (χ4n) is 1.95. The van der Waals surface area contributed by atoms with Crippen molar-refractivity contribution in [2.45, 2.75) is 0 Å². The van der Waals surface area contributed by atoms with Gasteiger partial charge in [0.25, 0.3) is 0 Å². The molecule has 1 aromatic heterocycles. The van der Waals surface area contributed by atoms with E-state index >= 15 is 0 Å². The summed E-state index contributed by atoms with van der Waals surface area (Å²) < 4.78 is 0. The van der Waals surface area contributed by atoms with E-state index in [9.17, 15) is 4.79 Å². The van der Waals surface area contributed by atoms with E-state index in [4.69, 9.17) is 0 Å². The topological polar surface area (TPSA) is 30.0 Å². The Labute approximate surface area is 127 Å². The van der Waals surface area contributed by atoms with Crippen LogP contribution in [0.4, 0.5) is 0 Å². The monoisotopic (exact) mass is 291 g/mol. The number of ketones is 1. The zero-order chi connectivity index (χ0) is 14.5. The van der Waals surface area contributed by atoms with E-state index in [0.717, 1.165) is 16.3 Å². The van der Waals surface area contributed by atoms with Gasteiger partial charge in [0.2, 0.25) is 0 Å². The Kier molecular flexibility index (Phi) is 4.03. The first-order valence-corrected chi connectivity index (χ1v) is 7.49. The van der Waals surface area contributed by atoms with Crippen LogP contribution in [0.3, 0.4) is 0 Å². The third kappa shape index (κ3) is 3.33. The molecule has 1 heterocycles. The molecule has 0 fully saturated rings. The number of hydrogen-bond donors (Lipinski definition) is 0. The van der Waals surface area contributed by atoms with Crippen molar-refractivity contribution in [2.24, 2.45) is 0 Å². The molecule has 2 nitrogen and oxygen atoms in total. The van der Waals surface area contributed by atoms with E-state index in [1.165, 1.54) is 11.3 Å². The van der Waals surface area contributed by atoms with Crippen molar-refractivity contribution >= 4 is 23.2 Å². The van der Waals surface area contributed by atoms with Gasteiger partial charge in [-0.25, -0.2) is 4.98 Å². The van der Waals surface area contributed by atoms with E-state index in [-0.39, 0.29) is 5.78 Å². The quantitative estimate of drug-likeness (QED) is 0.515. The van der Waals surface area contributed by atoms with Crippen molar-refractivity contribution in [3.05, 3.63) is 82.7 Å². The van der Waals surface area contributed by atoms with Crippen molar-refractivity contribution in [1.82, 2.24) is 4.98 Å². The molecule has 0 bridgehead atoms. The Bertz CT molecular complexity index is 760. The largest absolute Gasteiger partial charge is 0.289 e. The summed E-state index contributed by atoms with van der Waals surface area (Å²) in [5.41, 5.74) is 2.71. The maximum atomic E-state index is 12.0. The van der Waals surface area contributed by atoms with Crippen LogP contribution in [0.1, 0.15) is 15.4 Å². The molecule has 0 radical (unpaired) electrons. The van der Waals surface area contributed by atoms with Crippen LogP contribution in [0.5, 0.6) is 0 Å². The number of carbonyl (C=O) groups excluding carboxylic acids is 1. The van der Waals surface area contributed by atoms with Gasteiger partial charge in [-0.2, -0.15) is 0 Å². The maximum absolute atomic E-state index is 12.0. The van der Waals surface area contributed by atoms with Crippen LogP contribution in [-0.4, -0.2) is 10.8 Å². The first kappa shape index (κ1) is 13.5. The number of carbonyl (C=O) groups is 1. The lowest BCUT2D eigenvalue weighted by atomic mass is 10.1. The Morgan fingerprint density at radius 1 is 0.952 bits per heavy atom. The van der Waals surface area contributed by atoms with E-state index < -0.39 is 0 Å². The van der Waals surface area contributed by atoms with Crippen LogP contribution >= 0.6 is 11.3 Å². The Morgan fingerprint density at radius 2 is 1.62 bits per heavy atom. The van der Waals surface area contributed by atoms with Gasteiger partial charge in [-0.05, 0) is 12.2 Å². The minimum absolute atomic E-state index is 0.00735. The first-order chi connectivity index (χ1) is 10.3. The van der Waals surface area contributed by atoms with Gasteiger partial charge in [0, 0.05) is 16.5 Å². The summed E-state index contributed by atoms with van der Waals surface area (Å²) in [5.74, 6) is -0.00735. The summed E-state index contributed by atoms with van der Waals surface area (Å²) in [7, 11) is 0. The second-order valence-corrected chi connectivity index (χ2v) is 5.39. The first-order valence-electron chi connectivity index (χ1n) is 6.61. The van der Waals surface area contributed by atoms with Crippen molar-refractivity contribution < 1.29 is 4.79 Å². The Hall–Kier alpha value is -2.52. The molecule has 0 aliphatic rings. The molecule has 0 amide bonds. The molecule has 21 heavy (non-hydrogen) atoms. The van der Waals surface area contributed by atoms with Crippen LogP contribution in [0.25, 0.3) is 17.3 Å². The highest BCUT2D eigenvalue weighted by atomic mass is 32.1. The Balaban J connectivity index is 1.76. The number of rotatable bonds is 4. The molecular weight excluding hydrogens is 278 g/mol. The molecule has 0 saturated heterocycles. The summed E-state index contributed by atoms with van der Waals surface area (Å²) in [6, 6.07) is 19.2. The molecule has 3 rings (SSSR count). The standard InChI is InChI=1S/C18H13NOS/c20-17(15-9-5-2-6-10-15)11-12-18-19-16(13-21-18)14-7-3-1-4-8-14/h1-13H/b12-11+. The lowest BCUT2D eigenvalue weighted by Gasteiger charge is -1.94. The predicted octanol–water partition coefficient (Wildman–Crippen LogP) is 4.71. The fraction of sp³-hybridized carbons (Fsp3) is 0. The highest BCUT2D eigenvalue weighted by molar-refractivity contribution is 7.10. The van der Waals surface area contributed by atoms with Gasteiger partial charge in [-0.15, -0.1) is 11.3 Å². The molecule has 0 N–H and O–H groups in total. The van der Waals surface area contributed by atoms with E-state index in [1.807, 2.05) is 66.0 Å². The number of nitrogens with zero attached hydrogens (tertiary/aromatic N) is 1. The molecule has 0 saturated carbocycles. The second-order valence-electron chi connectivity index (χ2n) is 4.50. The number of hydrogen-bond acceptors (Lipinski definition) is 3. The lowest BCUT2D eigenvalue weighted by molar-refractivity contribution is 0.104. The van der Waals surface area contributed by atoms with Gasteiger partial charge < -0.3 is 0 Å². The molecular formula is C18H13NOS. The third-order valence-electron chi connectivity index (χ3n) is 3.03. The molecule has 102 valence electrons. The van der Waals surface area contributed by atoms with Crippen LogP contribution in [0.2, 0.25) is 0 Å². The second kappa shape index (κ2) is 6.29. The molecule has 0 spiro atoms. The van der Waals surface area contributed by atoms with E-state index in [0.29, 0.717) is 5.56 Å². The highest BCUT2D eigenvalue weighted by Crippen LogP contribution is 2.22. The van der Waals surface area contributed by atoms with E-state index in [2.05, 4.69) is 4.98 Å². The smallest absolute Gasteiger partial charge is 0.185 e. The molecule has 2 aromatic carbocycles. The zero-order valence-corrected chi connectivity index (χ0v) is 12.1. The van der Waals surface area contributed by atoms with Gasteiger partial charge >= 0.3 is 0 Å². The number of thiazole rings is 1. The van der Waals surface area contributed by atoms with Crippen LogP contribution in [0.15, 0.2) is 72.1 Å². The van der Waals surface area contributed by atoms with Crippen molar-refractivity contribution in [3.63, 3.8) is 0 Å². The van der Waals surface area contributed by atoms with Crippen LogP contribution < -0.4 is 0 Å². The zero-order valence-electron chi connectivity index (χ0n) is 11.3.